The Morgan fingerprint density at radius 3 is 1.89 bits per heavy atom. The van der Waals surface area contributed by atoms with E-state index in [0.29, 0.717) is 50.5 Å². The van der Waals surface area contributed by atoms with Crippen LogP contribution in [0.25, 0.3) is 23.1 Å². The summed E-state index contributed by atoms with van der Waals surface area (Å²) in [5, 5.41) is 65.3. The van der Waals surface area contributed by atoms with Gasteiger partial charge in [-0.3, -0.25) is 67.3 Å². The second-order valence-corrected chi connectivity index (χ2v) is 30.4. The molecule has 4 heterocycles. The lowest BCUT2D eigenvalue weighted by Gasteiger charge is -2.31. The van der Waals surface area contributed by atoms with Gasteiger partial charge in [-0.05, 0) is 164 Å². The fourth-order valence-corrected chi connectivity index (χ4v) is 14.3. The fourth-order valence-electron chi connectivity index (χ4n) is 13.3. The van der Waals surface area contributed by atoms with Crippen molar-refractivity contribution in [3.8, 4) is 0 Å². The van der Waals surface area contributed by atoms with Gasteiger partial charge in [0.25, 0.3) is 5.91 Å². The number of carboxylic acids is 1. The Kier molecular flexibility index (Phi) is 37.0. The minimum atomic E-state index is -1.85. The number of benzene rings is 3. The van der Waals surface area contributed by atoms with Crippen molar-refractivity contribution >= 4 is 118 Å². The van der Waals surface area contributed by atoms with E-state index in [1.807, 2.05) is 0 Å². The van der Waals surface area contributed by atoms with E-state index >= 15 is 4.79 Å². The van der Waals surface area contributed by atoms with Crippen molar-refractivity contribution in [3.63, 3.8) is 0 Å². The van der Waals surface area contributed by atoms with Crippen molar-refractivity contribution in [3.05, 3.63) is 120 Å². The maximum Gasteiger partial charge on any atom is 0.345 e. The third kappa shape index (κ3) is 27.7. The number of fused-ring (bicyclic) bond motifs is 1. The largest absolute Gasteiger partial charge is 0.480 e. The summed E-state index contributed by atoms with van der Waals surface area (Å²) in [5.41, 5.74) is 31.8. The molecule has 2 aliphatic heterocycles. The molecule has 7 rings (SSSR count). The van der Waals surface area contributed by atoms with Crippen LogP contribution in [0.4, 0.5) is 4.79 Å². The monoisotopic (exact) mass is 1660 g/mol. The number of nitrogens with one attached hydrogen (secondary N) is 11. The number of carbonyl (C=O) groups excluding carboxylic acids is 13. The highest BCUT2D eigenvalue weighted by atomic mass is 32.2. The van der Waals surface area contributed by atoms with Crippen molar-refractivity contribution in [2.75, 3.05) is 59.4 Å². The molecule has 24 N–H and O–H groups in total. The van der Waals surface area contributed by atoms with Gasteiger partial charge in [0.1, 0.15) is 60.4 Å². The number of carbonyl (C=O) groups is 14. The van der Waals surface area contributed by atoms with E-state index in [9.17, 15) is 77.6 Å². The Morgan fingerprint density at radius 1 is 0.669 bits per heavy atom. The van der Waals surface area contributed by atoms with Crippen LogP contribution in [0.2, 0.25) is 0 Å². The Bertz CT molecular complexity index is 4350. The van der Waals surface area contributed by atoms with Crippen LogP contribution in [0.3, 0.4) is 0 Å². The first-order chi connectivity index (χ1) is 56.4. The van der Waals surface area contributed by atoms with E-state index < -0.39 is 182 Å². The van der Waals surface area contributed by atoms with Crippen molar-refractivity contribution in [1.29, 1.82) is 0 Å². The minimum absolute atomic E-state index is 0.00968. The van der Waals surface area contributed by atoms with Gasteiger partial charge in [-0.2, -0.15) is 9.78 Å². The first kappa shape index (κ1) is 93.8. The molecule has 1 unspecified atom stereocenters. The van der Waals surface area contributed by atoms with Crippen molar-refractivity contribution in [2.24, 2.45) is 34.6 Å². The highest BCUT2D eigenvalue weighted by Crippen LogP contribution is 2.34. The first-order valence-electron chi connectivity index (χ1n) is 39.3. The molecule has 640 valence electrons. The van der Waals surface area contributed by atoms with E-state index in [2.05, 4.69) is 63.5 Å². The number of aliphatic hydroxyl groups is 2. The van der Waals surface area contributed by atoms with Gasteiger partial charge in [-0.1, -0.05) is 74.1 Å². The molecule has 118 heavy (non-hydrogen) atoms. The predicted octanol–water partition coefficient (Wildman–Crippen LogP) is -2.72. The Hall–Kier alpha value is -11.3. The third-order valence-corrected chi connectivity index (χ3v) is 20.7. The number of carboxylic acid groups (broad SMARTS) is 1. The van der Waals surface area contributed by atoms with Crippen LogP contribution in [0.5, 0.6) is 0 Å². The van der Waals surface area contributed by atoms with E-state index in [1.54, 1.807) is 123 Å². The third-order valence-electron chi connectivity index (χ3n) is 19.7. The molecule has 2 aliphatic rings. The van der Waals surface area contributed by atoms with E-state index in [-0.39, 0.29) is 108 Å². The summed E-state index contributed by atoms with van der Waals surface area (Å²) < 4.78 is 1.14. The number of aromatic nitrogens is 3. The normalized spacial score (nSPS) is 20.8. The maximum absolute atomic E-state index is 15.6. The van der Waals surface area contributed by atoms with Crippen LogP contribution >= 0.6 is 11.8 Å². The topological polar surface area (TPSA) is 599 Å². The molecule has 0 bridgehead atoms. The van der Waals surface area contributed by atoms with Gasteiger partial charge in [-0.15, -0.1) is 0 Å². The molecular weight excluding hydrogens is 1550 g/mol. The molecule has 3 aromatic carbocycles. The summed E-state index contributed by atoms with van der Waals surface area (Å²) in [4.78, 5) is 207. The molecule has 0 aliphatic carbocycles. The van der Waals surface area contributed by atoms with Crippen LogP contribution in [0, 0.1) is 5.92 Å². The van der Waals surface area contributed by atoms with Gasteiger partial charge in [0, 0.05) is 79.9 Å². The van der Waals surface area contributed by atoms with Crippen molar-refractivity contribution in [1.82, 2.24) is 83.0 Å². The number of aliphatic hydroxyl groups excluding tert-OH is 2. The number of hydrogen-bond acceptors (Lipinski definition) is 24. The molecule has 5 aromatic rings. The van der Waals surface area contributed by atoms with Gasteiger partial charge in [0.2, 0.25) is 65.0 Å². The summed E-state index contributed by atoms with van der Waals surface area (Å²) in [6.45, 7) is 4.10. The van der Waals surface area contributed by atoms with Gasteiger partial charge in [0.05, 0.1) is 34.7 Å². The Morgan fingerprint density at radius 2 is 1.28 bits per heavy atom. The minimum Gasteiger partial charge on any atom is -0.480 e. The van der Waals surface area contributed by atoms with E-state index in [0.717, 1.165) is 4.68 Å². The maximum atomic E-state index is 15.6. The zero-order chi connectivity index (χ0) is 86.3. The zero-order valence-electron chi connectivity index (χ0n) is 66.7. The van der Waals surface area contributed by atoms with Gasteiger partial charge >= 0.3 is 12.0 Å². The van der Waals surface area contributed by atoms with Gasteiger partial charge in [-0.25, -0.2) is 4.79 Å². The van der Waals surface area contributed by atoms with E-state index in [1.165, 1.54) is 42.5 Å². The predicted molar refractivity (Wildman–Crippen MR) is 436 cm³/mol. The molecule has 2 aromatic heterocycles. The van der Waals surface area contributed by atoms with Gasteiger partial charge in [0.15, 0.2) is 0 Å². The van der Waals surface area contributed by atoms with Crippen LogP contribution in [-0.4, -0.2) is 261 Å². The summed E-state index contributed by atoms with van der Waals surface area (Å²) in [6.07, 6.45) is -0.215. The molecule has 2 fully saturated rings. The highest BCUT2D eigenvalue weighted by molar-refractivity contribution is 7.99. The highest BCUT2D eigenvalue weighted by Gasteiger charge is 2.39. The number of rotatable bonds is 33. The first-order valence-corrected chi connectivity index (χ1v) is 40.1. The Balaban J connectivity index is 1.18. The lowest BCUT2D eigenvalue weighted by Crippen LogP contribution is -2.61. The SMILES string of the molecule is CNC(=O)c1ccccc1Sc1ccc2c(/C=C/c3ccccn3)nn(C(=O)N(CCC(=O)N[C@H](C(=O)N[C@@H](CCN)C(=O)N[C@H]3CCNC(=O)[C@@H]([C@H](C)O)NC(=O)[C@H](CCN)NC(=O)[C@H](CCN)NC(=O)[C@H](CC(C)C)NC(=O)[C@@H](Cc4ccccc4)NC(=O)[C@@H](CCN)NC3=O)C(C)O)C[C@@H]3CCCN3C(=O)CC[C@@H](N)C(=O)O)c2c1. The smallest absolute Gasteiger partial charge is 0.345 e. The molecule has 13 amide bonds. The molecule has 13 atom stereocenters. The molecule has 0 spiro atoms. The van der Waals surface area contributed by atoms with Crippen LogP contribution < -0.4 is 87.2 Å². The molecule has 0 saturated carbocycles. The van der Waals surface area contributed by atoms with Crippen LogP contribution in [0.1, 0.15) is 126 Å². The number of pyridine rings is 1. The number of nitrogens with zero attached hydrogens (tertiary/aromatic N) is 5. The molecule has 38 nitrogen and oxygen atoms in total. The van der Waals surface area contributed by atoms with Crippen LogP contribution in [0.15, 0.2) is 107 Å². The number of nitrogens with two attached hydrogens (primary N) is 5. The van der Waals surface area contributed by atoms with Gasteiger partial charge < -0.3 is 112 Å². The van der Waals surface area contributed by atoms with Crippen molar-refractivity contribution in [2.45, 2.75) is 193 Å². The number of aliphatic carboxylic acids is 1. The average Bonchev–Trinajstić information content (AvgIpc) is 1.62. The standard InChI is InChI=1S/C79H111N21O17S/c1-44(2)40-60-74(111)90-55(26-32-80)69(106)89-58(29-35-83)73(110)96-66(45(3)101)76(113)87-37-30-59(72(109)88-56(27-33-81)71(108)94-61(75(112)93-60)41-47-14-7-6-8-15-47)91-70(107)57(28-34-82)92-77(114)67(46(4)102)95-64(103)31-39-98(43-49-17-13-38-99(49)65(104)25-23-53(84)78(115)116)79(117)100-62-42-50(118-63-19-10-9-18-52(63)68(105)85-5)21-22-51(62)54(97-100)24-20-48-16-11-12-36-86-48/h6-12,14-16,18-22,24,36,42,44-46,49,53,55-61,66-67,101-102H,13,17,23,25-35,37-41,43,80-84H2,1-5H3,(H,85,105)(H,87,113)(H,88,109)(H,89,106)(H,90,111)(H,91,107)(H,92,114)(H,93,112)(H,94,108)(H,95,103)(H,96,110)(H,115,116)/b24-20+/t45-,46?,49-,53+,55-,56+,57-,58-,59-,60-,61+,66+,67-/m0/s1. The molecule has 2 saturated heterocycles. The average molecular weight is 1660 g/mol. The second kappa shape index (κ2) is 46.6. The molecule has 0 radical (unpaired) electrons. The zero-order valence-corrected chi connectivity index (χ0v) is 67.5. The molecular formula is C79H111N21O17S. The lowest BCUT2D eigenvalue weighted by atomic mass is 10.00. The summed E-state index contributed by atoms with van der Waals surface area (Å²) in [7, 11) is 1.51. The summed E-state index contributed by atoms with van der Waals surface area (Å²) >= 11 is 1.24. The van der Waals surface area contributed by atoms with Crippen LogP contribution in [-0.2, 0) is 64.0 Å². The fraction of sp³-hybridized carbons (Fsp3) is 0.494. The molecule has 39 heteroatoms. The number of hydrogen-bond donors (Lipinski definition) is 19. The van der Waals surface area contributed by atoms with Crippen molar-refractivity contribution < 1.29 is 82.4 Å². The summed E-state index contributed by atoms with van der Waals surface area (Å²) in [6, 6.07) is 8.87. The second-order valence-electron chi connectivity index (χ2n) is 29.2. The lowest BCUT2D eigenvalue weighted by molar-refractivity contribution is -0.139. The van der Waals surface area contributed by atoms with E-state index in [4.69, 9.17) is 33.8 Å². The quantitative estimate of drug-likeness (QED) is 0.0203. The number of likely N-dealkylation sites (tertiary alicyclic amines) is 1. The summed E-state index contributed by atoms with van der Waals surface area (Å²) in [5.74, 6) is -12.1. The number of amides is 13. The Labute approximate surface area is 687 Å².